The lowest BCUT2D eigenvalue weighted by Crippen LogP contribution is -2.41. The van der Waals surface area contributed by atoms with Crippen LogP contribution in [0.15, 0.2) is 48.5 Å². The van der Waals surface area contributed by atoms with Crippen LogP contribution in [0, 0.1) is 12.8 Å². The van der Waals surface area contributed by atoms with Crippen molar-refractivity contribution < 1.29 is 17.9 Å². The van der Waals surface area contributed by atoms with Crippen LogP contribution in [-0.2, 0) is 26.8 Å². The number of sulfone groups is 1. The van der Waals surface area contributed by atoms with Gasteiger partial charge in [0.15, 0.2) is 9.84 Å². The molecule has 1 aliphatic rings. The highest BCUT2D eigenvalue weighted by Gasteiger charge is 2.27. The van der Waals surface area contributed by atoms with Crippen molar-refractivity contribution in [2.45, 2.75) is 31.9 Å². The highest BCUT2D eigenvalue weighted by Crippen LogP contribution is 2.24. The molecule has 0 unspecified atom stereocenters. The number of rotatable bonds is 7. The van der Waals surface area contributed by atoms with Gasteiger partial charge in [-0.15, -0.1) is 0 Å². The second kappa shape index (κ2) is 9.44. The number of carbonyl (C=O) groups excluding carboxylic acids is 1. The van der Waals surface area contributed by atoms with Crippen LogP contribution in [0.2, 0.25) is 0 Å². The molecule has 0 N–H and O–H groups in total. The predicted octanol–water partition coefficient (Wildman–Crippen LogP) is 3.40. The van der Waals surface area contributed by atoms with Crippen LogP contribution < -0.4 is 4.74 Å². The summed E-state index contributed by atoms with van der Waals surface area (Å²) in [6, 6.07) is 15.8. The molecule has 0 saturated carbocycles. The number of nitrogens with zero attached hydrogens (tertiary/aromatic N) is 1. The van der Waals surface area contributed by atoms with Crippen LogP contribution in [0.4, 0.5) is 0 Å². The van der Waals surface area contributed by atoms with Gasteiger partial charge in [-0.25, -0.2) is 8.42 Å². The van der Waals surface area contributed by atoms with E-state index in [1.165, 1.54) is 12.7 Å². The van der Waals surface area contributed by atoms with Crippen molar-refractivity contribution in [2.75, 3.05) is 26.0 Å². The van der Waals surface area contributed by atoms with Gasteiger partial charge in [0, 0.05) is 18.7 Å². The van der Waals surface area contributed by atoms with E-state index >= 15 is 0 Å². The van der Waals surface area contributed by atoms with E-state index in [-0.39, 0.29) is 11.7 Å². The van der Waals surface area contributed by atoms with Crippen LogP contribution in [0.1, 0.15) is 29.5 Å². The Labute approximate surface area is 173 Å². The highest BCUT2D eigenvalue weighted by molar-refractivity contribution is 7.91. The summed E-state index contributed by atoms with van der Waals surface area (Å²) in [5.41, 5.74) is 2.87. The maximum atomic E-state index is 12.6. The average Bonchev–Trinajstić information content (AvgIpc) is 2.69. The Hall–Kier alpha value is -2.34. The van der Waals surface area contributed by atoms with Crippen LogP contribution in [0.25, 0.3) is 0 Å². The fourth-order valence-electron chi connectivity index (χ4n) is 3.92. The van der Waals surface area contributed by atoms with Crippen molar-refractivity contribution in [3.05, 3.63) is 65.2 Å². The molecule has 1 saturated heterocycles. The van der Waals surface area contributed by atoms with Gasteiger partial charge in [0.1, 0.15) is 11.5 Å². The first-order valence-electron chi connectivity index (χ1n) is 10.0. The minimum absolute atomic E-state index is 0.186. The number of carbonyl (C=O) groups is 1. The molecule has 6 heteroatoms. The Morgan fingerprint density at radius 3 is 2.45 bits per heavy atom. The number of likely N-dealkylation sites (tertiary alicyclic amines) is 1. The Morgan fingerprint density at radius 2 is 1.79 bits per heavy atom. The number of methoxy groups -OCH3 is 1. The first-order chi connectivity index (χ1) is 13.9. The fraction of sp³-hybridized carbons (Fsp3) is 0.435. The molecule has 1 heterocycles. The van der Waals surface area contributed by atoms with Gasteiger partial charge < -0.3 is 9.64 Å². The number of hydrogen-bond acceptors (Lipinski definition) is 4. The fourth-order valence-corrected chi connectivity index (χ4v) is 5.28. The summed E-state index contributed by atoms with van der Waals surface area (Å²) in [6.07, 6.45) is 2.83. The van der Waals surface area contributed by atoms with Crippen molar-refractivity contribution in [1.82, 2.24) is 4.90 Å². The third-order valence-corrected chi connectivity index (χ3v) is 6.93. The molecule has 2 aromatic carbocycles. The minimum atomic E-state index is -3.57. The molecule has 1 fully saturated rings. The van der Waals surface area contributed by atoms with Crippen LogP contribution in [0.5, 0.6) is 5.75 Å². The molecular weight excluding hydrogens is 386 g/mol. The smallest absolute Gasteiger partial charge is 0.237 e. The number of amides is 1. The van der Waals surface area contributed by atoms with Gasteiger partial charge in [-0.05, 0) is 43.7 Å². The zero-order chi connectivity index (χ0) is 20.9. The van der Waals surface area contributed by atoms with Crippen molar-refractivity contribution in [3.8, 4) is 5.75 Å². The van der Waals surface area contributed by atoms with E-state index < -0.39 is 15.6 Å². The van der Waals surface area contributed by atoms with E-state index in [1.54, 1.807) is 17.0 Å². The van der Waals surface area contributed by atoms with Crippen molar-refractivity contribution in [1.29, 1.82) is 0 Å². The second-order valence-corrected chi connectivity index (χ2v) is 9.93. The van der Waals surface area contributed by atoms with Gasteiger partial charge in [-0.1, -0.05) is 48.0 Å². The molecule has 0 bridgehead atoms. The highest BCUT2D eigenvalue weighted by atomic mass is 32.2. The molecule has 156 valence electrons. The Bertz CT molecular complexity index is 933. The largest absolute Gasteiger partial charge is 0.496 e. The summed E-state index contributed by atoms with van der Waals surface area (Å²) in [7, 11) is -2.05. The van der Waals surface area contributed by atoms with Crippen molar-refractivity contribution >= 4 is 15.7 Å². The molecule has 0 radical (unpaired) electrons. The normalized spacial score (nSPS) is 15.3. The molecule has 0 aliphatic carbocycles. The predicted molar refractivity (Wildman–Crippen MR) is 115 cm³/mol. The zero-order valence-corrected chi connectivity index (χ0v) is 18.0. The molecule has 5 nitrogen and oxygen atoms in total. The molecule has 1 amide bonds. The molecule has 3 rings (SSSR count). The summed E-state index contributed by atoms with van der Waals surface area (Å²) in [5.74, 6) is 0.138. The maximum absolute atomic E-state index is 12.6. The van der Waals surface area contributed by atoms with Crippen molar-refractivity contribution in [3.63, 3.8) is 0 Å². The summed E-state index contributed by atoms with van der Waals surface area (Å²) >= 11 is 0. The number of ether oxygens (including phenoxy) is 1. The Kier molecular flexibility index (Phi) is 6.96. The van der Waals surface area contributed by atoms with Gasteiger partial charge in [0.2, 0.25) is 5.91 Å². The summed E-state index contributed by atoms with van der Waals surface area (Å²) in [5, 5.41) is 0. The SMILES string of the molecule is COc1ccc(C)cc1CS(=O)(=O)CC(=O)N1CCC(Cc2ccccc2)CC1. The van der Waals surface area contributed by atoms with E-state index in [0.717, 1.165) is 24.8 Å². The van der Waals surface area contributed by atoms with E-state index in [1.807, 2.05) is 31.2 Å². The van der Waals surface area contributed by atoms with Gasteiger partial charge >= 0.3 is 0 Å². The average molecular weight is 416 g/mol. The molecular formula is C23H29NO4S. The minimum Gasteiger partial charge on any atom is -0.496 e. The number of piperidine rings is 1. The standard InChI is InChI=1S/C23H29NO4S/c1-18-8-9-22(28-2)21(14-18)16-29(26,27)17-23(25)24-12-10-20(11-13-24)15-19-6-4-3-5-7-19/h3-9,14,20H,10-13,15-17H2,1-2H3. The van der Waals surface area contributed by atoms with E-state index in [9.17, 15) is 13.2 Å². The molecule has 1 aliphatic heterocycles. The van der Waals surface area contributed by atoms with Gasteiger partial charge in [-0.2, -0.15) is 0 Å². The van der Waals surface area contributed by atoms with E-state index in [4.69, 9.17) is 4.74 Å². The van der Waals surface area contributed by atoms with Gasteiger partial charge in [0.25, 0.3) is 0 Å². The van der Waals surface area contributed by atoms with E-state index in [2.05, 4.69) is 12.1 Å². The summed E-state index contributed by atoms with van der Waals surface area (Å²) < 4.78 is 30.5. The third kappa shape index (κ3) is 6.07. The molecule has 0 aromatic heterocycles. The third-order valence-electron chi connectivity index (χ3n) is 5.49. The molecule has 29 heavy (non-hydrogen) atoms. The summed E-state index contributed by atoms with van der Waals surface area (Å²) in [6.45, 7) is 3.15. The van der Waals surface area contributed by atoms with Crippen molar-refractivity contribution in [2.24, 2.45) is 5.92 Å². The molecule has 0 atom stereocenters. The monoisotopic (exact) mass is 415 g/mol. The summed E-state index contributed by atoms with van der Waals surface area (Å²) in [4.78, 5) is 14.3. The van der Waals surface area contributed by atoms with Crippen LogP contribution >= 0.6 is 0 Å². The Morgan fingerprint density at radius 1 is 1.10 bits per heavy atom. The lowest BCUT2D eigenvalue weighted by atomic mass is 9.90. The van der Waals surface area contributed by atoms with Crippen LogP contribution in [-0.4, -0.2) is 45.2 Å². The van der Waals surface area contributed by atoms with Gasteiger partial charge in [0.05, 0.1) is 12.9 Å². The zero-order valence-electron chi connectivity index (χ0n) is 17.1. The number of benzene rings is 2. The topological polar surface area (TPSA) is 63.7 Å². The maximum Gasteiger partial charge on any atom is 0.237 e. The lowest BCUT2D eigenvalue weighted by Gasteiger charge is -2.32. The Balaban J connectivity index is 1.54. The first-order valence-corrected chi connectivity index (χ1v) is 11.8. The molecule has 0 spiro atoms. The molecule has 2 aromatic rings. The first kappa shape index (κ1) is 21.4. The number of hydrogen-bond donors (Lipinski definition) is 0. The number of aryl methyl sites for hydroxylation is 1. The van der Waals surface area contributed by atoms with Crippen LogP contribution in [0.3, 0.4) is 0 Å². The van der Waals surface area contributed by atoms with Gasteiger partial charge in [-0.3, -0.25) is 4.79 Å². The lowest BCUT2D eigenvalue weighted by molar-refractivity contribution is -0.129. The van der Waals surface area contributed by atoms with E-state index in [0.29, 0.717) is 30.3 Å². The second-order valence-electron chi connectivity index (χ2n) is 7.86. The quantitative estimate of drug-likeness (QED) is 0.695.